The molecule has 43 heavy (non-hydrogen) atoms. The van der Waals surface area contributed by atoms with Crippen molar-refractivity contribution < 1.29 is 47.1 Å². The number of hydrogen-bond acceptors (Lipinski definition) is 10. The Bertz CT molecular complexity index is 1190. The molecule has 11 heteroatoms. The van der Waals surface area contributed by atoms with Crippen LogP contribution in [0.1, 0.15) is 45.0 Å². The smallest absolute Gasteiger partial charge is 0.338 e. The zero-order chi connectivity index (χ0) is 31.3. The van der Waals surface area contributed by atoms with Gasteiger partial charge in [-0.3, -0.25) is 4.79 Å². The van der Waals surface area contributed by atoms with E-state index in [2.05, 4.69) is 0 Å². The summed E-state index contributed by atoms with van der Waals surface area (Å²) in [5, 5.41) is -0.761. The van der Waals surface area contributed by atoms with E-state index in [0.29, 0.717) is 5.56 Å². The zero-order valence-electron chi connectivity index (χ0n) is 25.5. The second kappa shape index (κ2) is 14.5. The molecule has 2 saturated heterocycles. The predicted molar refractivity (Wildman–Crippen MR) is 157 cm³/mol. The highest BCUT2D eigenvalue weighted by molar-refractivity contribution is 8.00. The third kappa shape index (κ3) is 7.95. The summed E-state index contributed by atoms with van der Waals surface area (Å²) in [7, 11) is 2.93. The van der Waals surface area contributed by atoms with Crippen LogP contribution in [0.2, 0.25) is 0 Å². The van der Waals surface area contributed by atoms with Crippen LogP contribution in [0.25, 0.3) is 0 Å². The molecule has 2 heterocycles. The number of esters is 2. The van der Waals surface area contributed by atoms with E-state index >= 15 is 4.39 Å². The molecule has 0 aliphatic carbocycles. The van der Waals surface area contributed by atoms with E-state index in [-0.39, 0.29) is 0 Å². The molecule has 0 bridgehead atoms. The van der Waals surface area contributed by atoms with E-state index in [9.17, 15) is 9.59 Å². The summed E-state index contributed by atoms with van der Waals surface area (Å²) < 4.78 is 57.1. The van der Waals surface area contributed by atoms with E-state index in [4.69, 9.17) is 33.2 Å². The topological polar surface area (TPSA) is 98.8 Å². The highest BCUT2D eigenvalue weighted by Gasteiger charge is 2.54. The van der Waals surface area contributed by atoms with Gasteiger partial charge in [-0.25, -0.2) is 9.18 Å². The molecule has 2 fully saturated rings. The van der Waals surface area contributed by atoms with Gasteiger partial charge in [-0.15, -0.1) is 11.8 Å². The molecule has 0 saturated carbocycles. The summed E-state index contributed by atoms with van der Waals surface area (Å²) in [6.07, 6.45) is -8.86. The number of thioether (sulfide) groups is 1. The van der Waals surface area contributed by atoms with Crippen molar-refractivity contribution in [3.63, 3.8) is 0 Å². The molecule has 0 radical (unpaired) electrons. The number of rotatable bonds is 9. The lowest BCUT2D eigenvalue weighted by Gasteiger charge is -2.48. The molecule has 2 aromatic rings. The molecular weight excluding hydrogens is 579 g/mol. The molecule has 2 aliphatic heterocycles. The monoisotopic (exact) mass is 620 g/mol. The summed E-state index contributed by atoms with van der Waals surface area (Å²) in [4.78, 5) is 27.0. The third-order valence-corrected chi connectivity index (χ3v) is 8.70. The van der Waals surface area contributed by atoms with Gasteiger partial charge in [-0.1, -0.05) is 36.4 Å². The third-order valence-electron chi connectivity index (χ3n) is 7.40. The normalized spacial score (nSPS) is 33.0. The summed E-state index contributed by atoms with van der Waals surface area (Å²) in [6, 6.07) is 17.9. The molecular formula is C32H41FO9S. The van der Waals surface area contributed by atoms with Crippen LogP contribution in [-0.4, -0.2) is 86.8 Å². The van der Waals surface area contributed by atoms with Crippen molar-refractivity contribution in [3.8, 4) is 0 Å². The van der Waals surface area contributed by atoms with Crippen LogP contribution >= 0.6 is 11.8 Å². The standard InChI is InChI=1S/C32H41FO9S/c1-18-23(25(37-7)27(28(33)38-18)43-21-16-12-9-13-17-21)41-30-26(42-31(35)32(3,4)5)24(36-6)22(19(2)39-30)40-29(34)20-14-10-8-11-15-20/h8-19,22-28,30H,1-7H3. The first-order valence-corrected chi connectivity index (χ1v) is 15.2. The first kappa shape index (κ1) is 33.4. The fraction of sp³-hybridized carbons (Fsp3) is 0.562. The fourth-order valence-electron chi connectivity index (χ4n) is 5.06. The van der Waals surface area contributed by atoms with Crippen LogP contribution in [0, 0.1) is 5.41 Å². The molecule has 10 atom stereocenters. The van der Waals surface area contributed by atoms with Gasteiger partial charge in [0.2, 0.25) is 6.36 Å². The van der Waals surface area contributed by atoms with Crippen molar-refractivity contribution in [2.45, 2.75) is 100 Å². The maximum atomic E-state index is 15.3. The Labute approximate surface area is 256 Å². The summed E-state index contributed by atoms with van der Waals surface area (Å²) >= 11 is 1.29. The number of methoxy groups -OCH3 is 2. The summed E-state index contributed by atoms with van der Waals surface area (Å²) in [5.74, 6) is -1.11. The molecule has 2 aliphatic rings. The number of ether oxygens (including phenoxy) is 7. The van der Waals surface area contributed by atoms with Crippen LogP contribution in [0.15, 0.2) is 65.6 Å². The lowest BCUT2D eigenvalue weighted by molar-refractivity contribution is -0.334. The first-order chi connectivity index (χ1) is 20.4. The number of halogens is 1. The second-order valence-electron chi connectivity index (χ2n) is 11.7. The molecule has 0 N–H and O–H groups in total. The van der Waals surface area contributed by atoms with Gasteiger partial charge in [0, 0.05) is 19.1 Å². The van der Waals surface area contributed by atoms with Crippen LogP contribution in [0.5, 0.6) is 0 Å². The molecule has 0 aromatic heterocycles. The van der Waals surface area contributed by atoms with Crippen molar-refractivity contribution in [2.75, 3.05) is 14.2 Å². The van der Waals surface area contributed by atoms with Crippen LogP contribution in [0.3, 0.4) is 0 Å². The first-order valence-electron chi connectivity index (χ1n) is 14.3. The Morgan fingerprint density at radius 3 is 1.93 bits per heavy atom. The zero-order valence-corrected chi connectivity index (χ0v) is 26.3. The van der Waals surface area contributed by atoms with Crippen molar-refractivity contribution in [3.05, 3.63) is 66.2 Å². The molecule has 2 aromatic carbocycles. The van der Waals surface area contributed by atoms with Crippen LogP contribution in [0.4, 0.5) is 4.39 Å². The van der Waals surface area contributed by atoms with Gasteiger partial charge < -0.3 is 33.2 Å². The van der Waals surface area contributed by atoms with E-state index in [1.54, 1.807) is 65.0 Å². The van der Waals surface area contributed by atoms with Gasteiger partial charge in [0.1, 0.15) is 18.3 Å². The van der Waals surface area contributed by atoms with Crippen molar-refractivity contribution >= 4 is 23.7 Å². The van der Waals surface area contributed by atoms with E-state index in [0.717, 1.165) is 4.90 Å². The van der Waals surface area contributed by atoms with Gasteiger partial charge in [0.25, 0.3) is 0 Å². The fourth-order valence-corrected chi connectivity index (χ4v) is 6.26. The van der Waals surface area contributed by atoms with Gasteiger partial charge in [0.15, 0.2) is 18.5 Å². The predicted octanol–water partition coefficient (Wildman–Crippen LogP) is 5.21. The minimum absolute atomic E-state index is 0.352. The van der Waals surface area contributed by atoms with Crippen molar-refractivity contribution in [1.29, 1.82) is 0 Å². The average Bonchev–Trinajstić information content (AvgIpc) is 2.98. The van der Waals surface area contributed by atoms with Gasteiger partial charge >= 0.3 is 11.9 Å². The Morgan fingerprint density at radius 2 is 1.35 bits per heavy atom. The number of carbonyl (C=O) groups excluding carboxylic acids is 2. The molecule has 9 nitrogen and oxygen atoms in total. The van der Waals surface area contributed by atoms with E-state index < -0.39 is 78.0 Å². The minimum atomic E-state index is -1.63. The largest absolute Gasteiger partial charge is 0.454 e. The quantitative estimate of drug-likeness (QED) is 0.348. The Hall–Kier alpha value is -2.54. The second-order valence-corrected chi connectivity index (χ2v) is 12.9. The van der Waals surface area contributed by atoms with E-state index in [1.165, 1.54) is 26.0 Å². The van der Waals surface area contributed by atoms with E-state index in [1.807, 2.05) is 30.3 Å². The van der Waals surface area contributed by atoms with Gasteiger partial charge in [-0.05, 0) is 58.9 Å². The van der Waals surface area contributed by atoms with Crippen molar-refractivity contribution in [2.24, 2.45) is 5.41 Å². The van der Waals surface area contributed by atoms with Crippen LogP contribution < -0.4 is 0 Å². The maximum absolute atomic E-state index is 15.3. The summed E-state index contributed by atoms with van der Waals surface area (Å²) in [5.41, 5.74) is -0.512. The molecule has 4 rings (SSSR count). The number of hydrogen-bond donors (Lipinski definition) is 0. The number of carbonyl (C=O) groups is 2. The SMILES string of the molecule is COC1C(OC(=O)c2ccccc2)C(C)OC(OC2C(C)OC(F)C(Sc3ccccc3)C2OC)C1OC(=O)C(C)(C)C. The Balaban J connectivity index is 1.61. The number of alkyl halides is 1. The maximum Gasteiger partial charge on any atom is 0.338 e. The average molecular weight is 621 g/mol. The molecule has 0 amide bonds. The Kier molecular flexibility index (Phi) is 11.2. The Morgan fingerprint density at radius 1 is 0.767 bits per heavy atom. The van der Waals surface area contributed by atoms with Gasteiger partial charge in [0.05, 0.1) is 28.4 Å². The van der Waals surface area contributed by atoms with Crippen molar-refractivity contribution in [1.82, 2.24) is 0 Å². The van der Waals surface area contributed by atoms with Crippen LogP contribution in [-0.2, 0) is 38.0 Å². The summed E-state index contributed by atoms with van der Waals surface area (Å²) in [6.45, 7) is 8.56. The number of benzene rings is 2. The molecule has 0 spiro atoms. The minimum Gasteiger partial charge on any atom is -0.454 e. The lowest BCUT2D eigenvalue weighted by Crippen LogP contribution is -2.64. The molecule has 10 unspecified atom stereocenters. The highest BCUT2D eigenvalue weighted by atomic mass is 32.2. The molecule has 236 valence electrons. The van der Waals surface area contributed by atoms with Gasteiger partial charge in [-0.2, -0.15) is 0 Å². The lowest BCUT2D eigenvalue weighted by atomic mass is 9.95. The highest BCUT2D eigenvalue weighted by Crippen LogP contribution is 2.39.